The lowest BCUT2D eigenvalue weighted by molar-refractivity contribution is -0.120. The number of amides is 1. The van der Waals surface area contributed by atoms with E-state index in [-0.39, 0.29) is 29.7 Å². The van der Waals surface area contributed by atoms with E-state index >= 15 is 0 Å². The molecule has 2 aromatic rings. The number of benzene rings is 2. The van der Waals surface area contributed by atoms with Gasteiger partial charge in [0.15, 0.2) is 0 Å². The summed E-state index contributed by atoms with van der Waals surface area (Å²) in [6.07, 6.45) is -0.967. The lowest BCUT2D eigenvalue weighted by Gasteiger charge is -2.13. The van der Waals surface area contributed by atoms with E-state index in [1.807, 2.05) is 0 Å². The summed E-state index contributed by atoms with van der Waals surface area (Å²) >= 11 is 5.56. The molecule has 0 heterocycles. The zero-order valence-electron chi connectivity index (χ0n) is 11.5. The van der Waals surface area contributed by atoms with Crippen molar-refractivity contribution >= 4 is 17.5 Å². The summed E-state index contributed by atoms with van der Waals surface area (Å²) in [6, 6.07) is 9.53. The molecule has 0 saturated heterocycles. The molecule has 0 aliphatic carbocycles. The Kier molecular flexibility index (Phi) is 5.46. The average Bonchev–Trinajstić information content (AvgIpc) is 2.50. The number of carbonyl (C=O) groups is 1. The van der Waals surface area contributed by atoms with Crippen LogP contribution in [0, 0.1) is 11.6 Å². The summed E-state index contributed by atoms with van der Waals surface area (Å²) in [7, 11) is 0. The molecular weight excluding hydrogens is 312 g/mol. The highest BCUT2D eigenvalue weighted by Gasteiger charge is 2.12. The molecule has 22 heavy (non-hydrogen) atoms. The van der Waals surface area contributed by atoms with Gasteiger partial charge in [-0.3, -0.25) is 4.79 Å². The van der Waals surface area contributed by atoms with Crippen LogP contribution in [0.15, 0.2) is 42.5 Å². The third-order valence-electron chi connectivity index (χ3n) is 3.10. The molecule has 3 nitrogen and oxygen atoms in total. The molecule has 2 aromatic carbocycles. The quantitative estimate of drug-likeness (QED) is 0.888. The summed E-state index contributed by atoms with van der Waals surface area (Å²) in [5.74, 6) is -1.32. The first-order valence-electron chi connectivity index (χ1n) is 6.60. The fraction of sp³-hybridized carbons (Fsp3) is 0.188. The summed E-state index contributed by atoms with van der Waals surface area (Å²) < 4.78 is 26.1. The summed E-state index contributed by atoms with van der Waals surface area (Å²) in [4.78, 5) is 11.7. The van der Waals surface area contributed by atoms with Crippen molar-refractivity contribution in [1.82, 2.24) is 5.32 Å². The van der Waals surface area contributed by atoms with Gasteiger partial charge in [0.2, 0.25) is 5.91 Å². The van der Waals surface area contributed by atoms with Crippen LogP contribution in [0.3, 0.4) is 0 Å². The molecule has 0 aliphatic heterocycles. The fourth-order valence-electron chi connectivity index (χ4n) is 1.90. The molecule has 0 spiro atoms. The molecule has 1 unspecified atom stereocenters. The average molecular weight is 326 g/mol. The summed E-state index contributed by atoms with van der Waals surface area (Å²) in [5.41, 5.74) is 0.981. The van der Waals surface area contributed by atoms with Crippen molar-refractivity contribution in [2.24, 2.45) is 0 Å². The fourth-order valence-corrected chi connectivity index (χ4v) is 2.02. The van der Waals surface area contributed by atoms with E-state index in [0.29, 0.717) is 11.1 Å². The van der Waals surface area contributed by atoms with Gasteiger partial charge in [-0.1, -0.05) is 29.8 Å². The van der Waals surface area contributed by atoms with E-state index in [2.05, 4.69) is 5.32 Å². The van der Waals surface area contributed by atoms with Crippen LogP contribution in [0.1, 0.15) is 17.2 Å². The van der Waals surface area contributed by atoms with Crippen molar-refractivity contribution in [2.75, 3.05) is 6.54 Å². The van der Waals surface area contributed by atoms with Crippen molar-refractivity contribution in [3.63, 3.8) is 0 Å². The molecule has 0 fully saturated rings. The second kappa shape index (κ2) is 7.33. The van der Waals surface area contributed by atoms with E-state index in [0.717, 1.165) is 6.07 Å². The zero-order chi connectivity index (χ0) is 16.1. The van der Waals surface area contributed by atoms with Gasteiger partial charge in [0.25, 0.3) is 0 Å². The Hall–Kier alpha value is -1.98. The molecule has 2 rings (SSSR count). The van der Waals surface area contributed by atoms with E-state index in [1.165, 1.54) is 36.4 Å². The second-order valence-corrected chi connectivity index (χ2v) is 5.20. The third kappa shape index (κ3) is 4.51. The van der Waals surface area contributed by atoms with E-state index < -0.39 is 11.9 Å². The first kappa shape index (κ1) is 16.4. The molecule has 2 N–H and O–H groups in total. The Morgan fingerprint density at radius 1 is 1.18 bits per heavy atom. The first-order chi connectivity index (χ1) is 10.5. The van der Waals surface area contributed by atoms with Gasteiger partial charge in [0, 0.05) is 6.54 Å². The van der Waals surface area contributed by atoms with Crippen molar-refractivity contribution in [3.8, 4) is 0 Å². The molecule has 0 aromatic heterocycles. The number of carbonyl (C=O) groups excluding carboxylic acids is 1. The minimum atomic E-state index is -1.04. The van der Waals surface area contributed by atoms with Crippen molar-refractivity contribution in [1.29, 1.82) is 0 Å². The number of aliphatic hydroxyl groups excluding tert-OH is 1. The van der Waals surface area contributed by atoms with Crippen LogP contribution in [0.2, 0.25) is 5.02 Å². The van der Waals surface area contributed by atoms with Crippen LogP contribution >= 0.6 is 11.6 Å². The second-order valence-electron chi connectivity index (χ2n) is 4.80. The molecule has 0 saturated carbocycles. The highest BCUT2D eigenvalue weighted by Crippen LogP contribution is 2.19. The van der Waals surface area contributed by atoms with Gasteiger partial charge in [-0.05, 0) is 35.4 Å². The first-order valence-corrected chi connectivity index (χ1v) is 6.97. The van der Waals surface area contributed by atoms with Crippen LogP contribution in [0.5, 0.6) is 0 Å². The van der Waals surface area contributed by atoms with Crippen LogP contribution in [-0.4, -0.2) is 17.6 Å². The number of aliphatic hydroxyl groups is 1. The lowest BCUT2D eigenvalue weighted by atomic mass is 10.1. The normalized spacial score (nSPS) is 12.0. The molecule has 0 radical (unpaired) electrons. The topological polar surface area (TPSA) is 49.3 Å². The van der Waals surface area contributed by atoms with Crippen LogP contribution in [-0.2, 0) is 11.2 Å². The van der Waals surface area contributed by atoms with E-state index in [9.17, 15) is 18.7 Å². The number of halogens is 3. The SMILES string of the molecule is O=C(Cc1ccc(F)cc1)NCC(O)c1ccc(Cl)c(F)c1. The number of rotatable bonds is 5. The largest absolute Gasteiger partial charge is 0.387 e. The number of hydrogen-bond donors (Lipinski definition) is 2. The van der Waals surface area contributed by atoms with Gasteiger partial charge in [0.05, 0.1) is 17.5 Å². The number of hydrogen-bond acceptors (Lipinski definition) is 2. The van der Waals surface area contributed by atoms with E-state index in [1.54, 1.807) is 0 Å². The maximum absolute atomic E-state index is 13.3. The van der Waals surface area contributed by atoms with Gasteiger partial charge < -0.3 is 10.4 Å². The predicted molar refractivity (Wildman–Crippen MR) is 79.5 cm³/mol. The van der Waals surface area contributed by atoms with Crippen LogP contribution in [0.4, 0.5) is 8.78 Å². The molecule has 0 aliphatic rings. The van der Waals surface area contributed by atoms with Crippen molar-refractivity contribution in [3.05, 3.63) is 70.2 Å². The van der Waals surface area contributed by atoms with Gasteiger partial charge in [-0.2, -0.15) is 0 Å². The zero-order valence-corrected chi connectivity index (χ0v) is 12.3. The Bertz CT molecular complexity index is 662. The minimum Gasteiger partial charge on any atom is -0.387 e. The molecule has 1 amide bonds. The predicted octanol–water partition coefficient (Wildman–Crippen LogP) is 3.01. The van der Waals surface area contributed by atoms with Crippen molar-refractivity contribution < 1.29 is 18.7 Å². The monoisotopic (exact) mass is 325 g/mol. The molecule has 1 atom stereocenters. The highest BCUT2D eigenvalue weighted by atomic mass is 35.5. The van der Waals surface area contributed by atoms with Gasteiger partial charge in [0.1, 0.15) is 11.6 Å². The molecule has 116 valence electrons. The van der Waals surface area contributed by atoms with E-state index in [4.69, 9.17) is 11.6 Å². The molecular formula is C16H14ClF2NO2. The maximum Gasteiger partial charge on any atom is 0.224 e. The molecule has 0 bridgehead atoms. The van der Waals surface area contributed by atoms with Crippen molar-refractivity contribution in [2.45, 2.75) is 12.5 Å². The Balaban J connectivity index is 1.87. The maximum atomic E-state index is 13.3. The number of nitrogens with one attached hydrogen (secondary N) is 1. The lowest BCUT2D eigenvalue weighted by Crippen LogP contribution is -2.29. The smallest absolute Gasteiger partial charge is 0.224 e. The highest BCUT2D eigenvalue weighted by molar-refractivity contribution is 6.30. The Morgan fingerprint density at radius 3 is 2.50 bits per heavy atom. The van der Waals surface area contributed by atoms with Gasteiger partial charge >= 0.3 is 0 Å². The summed E-state index contributed by atoms with van der Waals surface area (Å²) in [5, 5.41) is 12.4. The van der Waals surface area contributed by atoms with Gasteiger partial charge in [-0.25, -0.2) is 8.78 Å². The summed E-state index contributed by atoms with van der Waals surface area (Å²) in [6.45, 7) is -0.0545. The Morgan fingerprint density at radius 2 is 1.86 bits per heavy atom. The minimum absolute atomic E-state index is 0.0312. The third-order valence-corrected chi connectivity index (χ3v) is 3.41. The standard InChI is InChI=1S/C16H14ClF2NO2/c17-13-6-3-11(8-14(13)19)15(21)9-20-16(22)7-10-1-4-12(18)5-2-10/h1-6,8,15,21H,7,9H2,(H,20,22). The van der Waals surface area contributed by atoms with Crippen LogP contribution < -0.4 is 5.32 Å². The van der Waals surface area contributed by atoms with Gasteiger partial charge in [-0.15, -0.1) is 0 Å². The Labute approximate surface area is 131 Å². The van der Waals surface area contributed by atoms with Crippen LogP contribution in [0.25, 0.3) is 0 Å². The molecule has 6 heteroatoms.